The van der Waals surface area contributed by atoms with Crippen LogP contribution in [0.4, 0.5) is 5.82 Å². The van der Waals surface area contributed by atoms with Crippen LogP contribution in [0, 0.1) is 6.92 Å². The molecule has 1 fully saturated rings. The maximum atomic E-state index is 5.93. The highest BCUT2D eigenvalue weighted by molar-refractivity contribution is 9.10. The lowest BCUT2D eigenvalue weighted by molar-refractivity contribution is 0.454. The quantitative estimate of drug-likeness (QED) is 0.908. The third-order valence-corrected chi connectivity index (χ3v) is 3.80. The van der Waals surface area contributed by atoms with Gasteiger partial charge in [-0.15, -0.1) is 0 Å². The van der Waals surface area contributed by atoms with E-state index in [1.54, 1.807) is 0 Å². The second kappa shape index (κ2) is 5.40. The molecule has 1 N–H and O–H groups in total. The number of benzene rings is 1. The standard InChI is InChI=1S/C15H16BrN3O/c1-9-13(17-2)18-14(10-6-7-10)19-15(9)20-12-5-3-4-11(16)8-12/h3-5,8,10H,6-7H2,1-2H3,(H,17,18,19). The van der Waals surface area contributed by atoms with Crippen molar-refractivity contribution in [2.24, 2.45) is 0 Å². The van der Waals surface area contributed by atoms with Gasteiger partial charge in [-0.1, -0.05) is 22.0 Å². The molecule has 0 radical (unpaired) electrons. The molecule has 1 saturated carbocycles. The van der Waals surface area contributed by atoms with Gasteiger partial charge in [-0.25, -0.2) is 4.98 Å². The molecule has 1 aromatic carbocycles. The first-order valence-electron chi connectivity index (χ1n) is 6.67. The summed E-state index contributed by atoms with van der Waals surface area (Å²) in [6.45, 7) is 1.97. The zero-order chi connectivity index (χ0) is 14.1. The van der Waals surface area contributed by atoms with E-state index in [9.17, 15) is 0 Å². The van der Waals surface area contributed by atoms with Gasteiger partial charge < -0.3 is 10.1 Å². The molecule has 2 aromatic rings. The monoisotopic (exact) mass is 333 g/mol. The van der Waals surface area contributed by atoms with Gasteiger partial charge in [0.2, 0.25) is 5.88 Å². The Balaban J connectivity index is 1.97. The Hall–Kier alpha value is -1.62. The fourth-order valence-electron chi connectivity index (χ4n) is 2.02. The summed E-state index contributed by atoms with van der Waals surface area (Å²) in [5.41, 5.74) is 0.928. The number of ether oxygens (including phenoxy) is 1. The summed E-state index contributed by atoms with van der Waals surface area (Å²) in [7, 11) is 1.87. The number of nitrogens with one attached hydrogen (secondary N) is 1. The second-order valence-electron chi connectivity index (χ2n) is 4.94. The van der Waals surface area contributed by atoms with E-state index in [4.69, 9.17) is 4.74 Å². The van der Waals surface area contributed by atoms with Crippen molar-refractivity contribution in [3.63, 3.8) is 0 Å². The Labute approximate surface area is 126 Å². The van der Waals surface area contributed by atoms with E-state index >= 15 is 0 Å². The molecule has 1 aromatic heterocycles. The summed E-state index contributed by atoms with van der Waals surface area (Å²) in [4.78, 5) is 9.14. The molecular formula is C15H16BrN3O. The highest BCUT2D eigenvalue weighted by Gasteiger charge is 2.28. The van der Waals surface area contributed by atoms with Crippen molar-refractivity contribution < 1.29 is 4.74 Å². The Kier molecular flexibility index (Phi) is 3.61. The summed E-state index contributed by atoms with van der Waals surface area (Å²) in [5, 5.41) is 3.12. The van der Waals surface area contributed by atoms with Gasteiger partial charge in [-0.05, 0) is 38.0 Å². The average molecular weight is 334 g/mol. The van der Waals surface area contributed by atoms with Crippen LogP contribution in [0.15, 0.2) is 28.7 Å². The van der Waals surface area contributed by atoms with Crippen molar-refractivity contribution in [2.45, 2.75) is 25.7 Å². The van der Waals surface area contributed by atoms with Gasteiger partial charge in [0.1, 0.15) is 17.4 Å². The van der Waals surface area contributed by atoms with Crippen LogP contribution in [0.5, 0.6) is 11.6 Å². The Morgan fingerprint density at radius 3 is 2.75 bits per heavy atom. The van der Waals surface area contributed by atoms with E-state index in [1.807, 2.05) is 38.2 Å². The van der Waals surface area contributed by atoms with Gasteiger partial charge in [0, 0.05) is 17.4 Å². The van der Waals surface area contributed by atoms with E-state index < -0.39 is 0 Å². The molecule has 104 valence electrons. The molecule has 0 bridgehead atoms. The van der Waals surface area contributed by atoms with Crippen LogP contribution in [0.2, 0.25) is 0 Å². The molecule has 0 spiro atoms. The zero-order valence-electron chi connectivity index (χ0n) is 11.5. The van der Waals surface area contributed by atoms with Crippen LogP contribution >= 0.6 is 15.9 Å². The molecule has 4 nitrogen and oxygen atoms in total. The number of anilines is 1. The third kappa shape index (κ3) is 2.77. The summed E-state index contributed by atoms with van der Waals surface area (Å²) >= 11 is 3.44. The zero-order valence-corrected chi connectivity index (χ0v) is 13.1. The maximum absolute atomic E-state index is 5.93. The summed E-state index contributed by atoms with van der Waals surface area (Å²) in [6, 6.07) is 7.75. The molecule has 0 saturated heterocycles. The number of rotatable bonds is 4. The first-order valence-corrected chi connectivity index (χ1v) is 7.46. The molecule has 0 atom stereocenters. The maximum Gasteiger partial charge on any atom is 0.227 e. The third-order valence-electron chi connectivity index (χ3n) is 3.31. The van der Waals surface area contributed by atoms with Crippen LogP contribution in [0.3, 0.4) is 0 Å². The smallest absolute Gasteiger partial charge is 0.227 e. The SMILES string of the molecule is CNc1nc(C2CC2)nc(Oc2cccc(Br)c2)c1C. The first kappa shape index (κ1) is 13.4. The van der Waals surface area contributed by atoms with Crippen molar-refractivity contribution >= 4 is 21.7 Å². The summed E-state index contributed by atoms with van der Waals surface area (Å²) < 4.78 is 6.91. The largest absolute Gasteiger partial charge is 0.439 e. The van der Waals surface area contributed by atoms with Crippen LogP contribution in [-0.4, -0.2) is 17.0 Å². The van der Waals surface area contributed by atoms with E-state index in [2.05, 4.69) is 31.2 Å². The van der Waals surface area contributed by atoms with Crippen molar-refractivity contribution in [3.8, 4) is 11.6 Å². The van der Waals surface area contributed by atoms with E-state index in [0.717, 1.165) is 27.4 Å². The van der Waals surface area contributed by atoms with Crippen molar-refractivity contribution in [3.05, 3.63) is 40.1 Å². The van der Waals surface area contributed by atoms with Crippen LogP contribution in [0.1, 0.15) is 30.1 Å². The minimum Gasteiger partial charge on any atom is -0.439 e. The molecule has 1 heterocycles. The molecule has 1 aliphatic rings. The van der Waals surface area contributed by atoms with Gasteiger partial charge >= 0.3 is 0 Å². The first-order chi connectivity index (χ1) is 9.67. The van der Waals surface area contributed by atoms with Crippen LogP contribution < -0.4 is 10.1 Å². The van der Waals surface area contributed by atoms with E-state index in [-0.39, 0.29) is 0 Å². The summed E-state index contributed by atoms with van der Waals surface area (Å²) in [6.07, 6.45) is 2.34. The highest BCUT2D eigenvalue weighted by atomic mass is 79.9. The lowest BCUT2D eigenvalue weighted by Crippen LogP contribution is -2.04. The van der Waals surface area contributed by atoms with Gasteiger partial charge in [-0.3, -0.25) is 0 Å². The molecule has 0 aliphatic heterocycles. The Bertz CT molecular complexity index is 641. The van der Waals surface area contributed by atoms with Gasteiger partial charge in [-0.2, -0.15) is 4.98 Å². The predicted octanol–water partition coefficient (Wildman–Crippen LogP) is 4.26. The number of hydrogen-bond acceptors (Lipinski definition) is 4. The number of halogens is 1. The second-order valence-corrected chi connectivity index (χ2v) is 5.86. The van der Waals surface area contributed by atoms with E-state index in [1.165, 1.54) is 12.8 Å². The van der Waals surface area contributed by atoms with Gasteiger partial charge in [0.15, 0.2) is 0 Å². The van der Waals surface area contributed by atoms with Crippen LogP contribution in [-0.2, 0) is 0 Å². The molecule has 1 aliphatic carbocycles. The van der Waals surface area contributed by atoms with Crippen LogP contribution in [0.25, 0.3) is 0 Å². The molecule has 20 heavy (non-hydrogen) atoms. The lowest BCUT2D eigenvalue weighted by atomic mass is 10.3. The van der Waals surface area contributed by atoms with Crippen molar-refractivity contribution in [2.75, 3.05) is 12.4 Å². The topological polar surface area (TPSA) is 47.0 Å². The van der Waals surface area contributed by atoms with Gasteiger partial charge in [0.25, 0.3) is 0 Å². The van der Waals surface area contributed by atoms with Crippen molar-refractivity contribution in [1.82, 2.24) is 9.97 Å². The fourth-order valence-corrected chi connectivity index (χ4v) is 2.40. The Morgan fingerprint density at radius 1 is 1.30 bits per heavy atom. The normalized spacial score (nSPS) is 14.2. The molecule has 5 heteroatoms. The van der Waals surface area contributed by atoms with Crippen molar-refractivity contribution in [1.29, 1.82) is 0 Å². The predicted molar refractivity (Wildman–Crippen MR) is 82.5 cm³/mol. The Morgan fingerprint density at radius 2 is 2.10 bits per heavy atom. The fraction of sp³-hybridized carbons (Fsp3) is 0.333. The molecular weight excluding hydrogens is 318 g/mol. The number of aromatic nitrogens is 2. The molecule has 3 rings (SSSR count). The minimum atomic E-state index is 0.493. The molecule has 0 amide bonds. The molecule has 0 unspecified atom stereocenters. The summed E-state index contributed by atoms with van der Waals surface area (Å²) in [5.74, 6) is 3.61. The number of nitrogens with zero attached hydrogens (tertiary/aromatic N) is 2. The van der Waals surface area contributed by atoms with Gasteiger partial charge in [0.05, 0.1) is 5.56 Å². The number of hydrogen-bond donors (Lipinski definition) is 1. The minimum absolute atomic E-state index is 0.493. The van der Waals surface area contributed by atoms with E-state index in [0.29, 0.717) is 11.8 Å². The average Bonchev–Trinajstić information content (AvgIpc) is 3.25. The lowest BCUT2D eigenvalue weighted by Gasteiger charge is -2.12. The highest BCUT2D eigenvalue weighted by Crippen LogP contribution is 2.40.